The van der Waals surface area contributed by atoms with Crippen LogP contribution in [-0.4, -0.2) is 29.1 Å². The van der Waals surface area contributed by atoms with Gasteiger partial charge in [-0.25, -0.2) is 0 Å². The third-order valence-corrected chi connectivity index (χ3v) is 3.39. The second kappa shape index (κ2) is 4.90. The highest BCUT2D eigenvalue weighted by molar-refractivity contribution is 5.92. The van der Waals surface area contributed by atoms with Crippen molar-refractivity contribution in [1.82, 2.24) is 10.1 Å². The first-order valence-corrected chi connectivity index (χ1v) is 6.34. The number of rotatable bonds is 2. The van der Waals surface area contributed by atoms with Gasteiger partial charge in [-0.05, 0) is 18.8 Å². The zero-order valence-electron chi connectivity index (χ0n) is 10.8. The van der Waals surface area contributed by atoms with Gasteiger partial charge in [0.05, 0.1) is 0 Å². The maximum absolute atomic E-state index is 12.1. The highest BCUT2D eigenvalue weighted by Crippen LogP contribution is 2.20. The first kappa shape index (κ1) is 12.1. The van der Waals surface area contributed by atoms with Crippen LogP contribution in [0.2, 0.25) is 0 Å². The van der Waals surface area contributed by atoms with Crippen LogP contribution in [0, 0.1) is 5.92 Å². The Kier molecular flexibility index (Phi) is 3.50. The molecule has 94 valence electrons. The zero-order valence-corrected chi connectivity index (χ0v) is 10.8. The van der Waals surface area contributed by atoms with Crippen LogP contribution in [0.25, 0.3) is 0 Å². The van der Waals surface area contributed by atoms with Crippen LogP contribution < -0.4 is 0 Å². The van der Waals surface area contributed by atoms with Crippen LogP contribution in [0.1, 0.15) is 55.8 Å². The van der Waals surface area contributed by atoms with E-state index in [2.05, 4.69) is 12.1 Å². The molecule has 4 nitrogen and oxygen atoms in total. The standard InChI is InChI=1S/C13H20N2O2/c1-9(2)12-8-11(14-17-12)13(16)15-6-4-10(3)5-7-15/h8-10H,4-7H2,1-3H3. The molecule has 1 aromatic heterocycles. The topological polar surface area (TPSA) is 46.3 Å². The monoisotopic (exact) mass is 236 g/mol. The van der Waals surface area contributed by atoms with Gasteiger partial charge in [-0.3, -0.25) is 4.79 Å². The number of hydrogen-bond donors (Lipinski definition) is 0. The largest absolute Gasteiger partial charge is 0.360 e. The van der Waals surface area contributed by atoms with Crippen molar-refractivity contribution < 1.29 is 9.32 Å². The Morgan fingerprint density at radius 1 is 1.47 bits per heavy atom. The van der Waals surface area contributed by atoms with E-state index >= 15 is 0 Å². The van der Waals surface area contributed by atoms with Crippen molar-refractivity contribution in [3.63, 3.8) is 0 Å². The molecule has 0 unspecified atom stereocenters. The molecule has 1 aromatic rings. The Balaban J connectivity index is 2.03. The van der Waals surface area contributed by atoms with Gasteiger partial charge in [0.25, 0.3) is 5.91 Å². The van der Waals surface area contributed by atoms with Crippen LogP contribution in [0.3, 0.4) is 0 Å². The van der Waals surface area contributed by atoms with E-state index < -0.39 is 0 Å². The van der Waals surface area contributed by atoms with Crippen LogP contribution in [0.4, 0.5) is 0 Å². The van der Waals surface area contributed by atoms with E-state index in [1.54, 1.807) is 6.07 Å². The number of carbonyl (C=O) groups is 1. The third kappa shape index (κ3) is 2.68. The molecule has 0 saturated carbocycles. The number of aromatic nitrogens is 1. The average molecular weight is 236 g/mol. The predicted octanol–water partition coefficient (Wildman–Crippen LogP) is 2.67. The summed E-state index contributed by atoms with van der Waals surface area (Å²) in [7, 11) is 0. The quantitative estimate of drug-likeness (QED) is 0.793. The van der Waals surface area contributed by atoms with E-state index in [0.29, 0.717) is 5.69 Å². The number of piperidine rings is 1. The average Bonchev–Trinajstić information content (AvgIpc) is 2.78. The van der Waals surface area contributed by atoms with E-state index in [1.165, 1.54) is 0 Å². The van der Waals surface area contributed by atoms with Gasteiger partial charge >= 0.3 is 0 Å². The minimum absolute atomic E-state index is 0.00699. The molecule has 0 radical (unpaired) electrons. The van der Waals surface area contributed by atoms with Crippen molar-refractivity contribution in [1.29, 1.82) is 0 Å². The van der Waals surface area contributed by atoms with Gasteiger partial charge in [0, 0.05) is 25.1 Å². The van der Waals surface area contributed by atoms with Crippen molar-refractivity contribution >= 4 is 5.91 Å². The van der Waals surface area contributed by atoms with Gasteiger partial charge in [0.2, 0.25) is 0 Å². The number of amides is 1. The second-order valence-corrected chi connectivity index (χ2v) is 5.24. The van der Waals surface area contributed by atoms with Crippen LogP contribution >= 0.6 is 0 Å². The summed E-state index contributed by atoms with van der Waals surface area (Å²) in [5, 5.41) is 3.87. The highest BCUT2D eigenvalue weighted by Gasteiger charge is 2.24. The van der Waals surface area contributed by atoms with E-state index in [-0.39, 0.29) is 11.8 Å². The van der Waals surface area contributed by atoms with Gasteiger partial charge in [0.1, 0.15) is 5.76 Å². The zero-order chi connectivity index (χ0) is 12.4. The van der Waals surface area contributed by atoms with Crippen molar-refractivity contribution in [3.8, 4) is 0 Å². The van der Waals surface area contributed by atoms with Crippen molar-refractivity contribution in [2.75, 3.05) is 13.1 Å². The highest BCUT2D eigenvalue weighted by atomic mass is 16.5. The Morgan fingerprint density at radius 2 is 2.12 bits per heavy atom. The Labute approximate surface area is 102 Å². The molecule has 1 saturated heterocycles. The fraction of sp³-hybridized carbons (Fsp3) is 0.692. The maximum Gasteiger partial charge on any atom is 0.276 e. The molecule has 0 atom stereocenters. The summed E-state index contributed by atoms with van der Waals surface area (Å²) in [6, 6.07) is 1.77. The Morgan fingerprint density at radius 3 is 2.65 bits per heavy atom. The Hall–Kier alpha value is -1.32. The molecular formula is C13H20N2O2. The molecule has 0 spiro atoms. The Bertz CT molecular complexity index is 390. The molecular weight excluding hydrogens is 216 g/mol. The molecule has 1 aliphatic rings. The number of nitrogens with zero attached hydrogens (tertiary/aromatic N) is 2. The van der Waals surface area contributed by atoms with Gasteiger partial charge in [-0.1, -0.05) is 25.9 Å². The lowest BCUT2D eigenvalue weighted by Gasteiger charge is -2.29. The smallest absolute Gasteiger partial charge is 0.276 e. The van der Waals surface area contributed by atoms with Gasteiger partial charge in [-0.2, -0.15) is 0 Å². The molecule has 1 fully saturated rings. The van der Waals surface area contributed by atoms with E-state index in [4.69, 9.17) is 4.52 Å². The van der Waals surface area contributed by atoms with E-state index in [0.717, 1.165) is 37.6 Å². The van der Waals surface area contributed by atoms with Gasteiger partial charge in [0.15, 0.2) is 5.69 Å². The van der Waals surface area contributed by atoms with Gasteiger partial charge in [-0.15, -0.1) is 0 Å². The van der Waals surface area contributed by atoms with Crippen molar-refractivity contribution in [2.24, 2.45) is 5.92 Å². The van der Waals surface area contributed by atoms with Gasteiger partial charge < -0.3 is 9.42 Å². The summed E-state index contributed by atoms with van der Waals surface area (Å²) < 4.78 is 5.16. The van der Waals surface area contributed by atoms with Crippen LogP contribution in [-0.2, 0) is 0 Å². The fourth-order valence-corrected chi connectivity index (χ4v) is 2.04. The minimum atomic E-state index is 0.00699. The third-order valence-electron chi connectivity index (χ3n) is 3.39. The summed E-state index contributed by atoms with van der Waals surface area (Å²) in [4.78, 5) is 14.0. The molecule has 0 aliphatic carbocycles. The lowest BCUT2D eigenvalue weighted by molar-refractivity contribution is 0.0686. The summed E-state index contributed by atoms with van der Waals surface area (Å²) >= 11 is 0. The molecule has 2 heterocycles. The molecule has 4 heteroatoms. The number of likely N-dealkylation sites (tertiary alicyclic amines) is 1. The molecule has 0 aromatic carbocycles. The number of hydrogen-bond acceptors (Lipinski definition) is 3. The van der Waals surface area contributed by atoms with E-state index in [9.17, 15) is 4.79 Å². The number of carbonyl (C=O) groups excluding carboxylic acids is 1. The first-order chi connectivity index (χ1) is 8.08. The summed E-state index contributed by atoms with van der Waals surface area (Å²) in [6.07, 6.45) is 2.17. The molecule has 1 amide bonds. The molecule has 2 rings (SSSR count). The lowest BCUT2D eigenvalue weighted by atomic mass is 9.99. The van der Waals surface area contributed by atoms with Crippen molar-refractivity contribution in [3.05, 3.63) is 17.5 Å². The van der Waals surface area contributed by atoms with E-state index in [1.807, 2.05) is 18.7 Å². The fourth-order valence-electron chi connectivity index (χ4n) is 2.04. The first-order valence-electron chi connectivity index (χ1n) is 6.34. The predicted molar refractivity (Wildman–Crippen MR) is 64.9 cm³/mol. The normalized spacial score (nSPS) is 17.8. The summed E-state index contributed by atoms with van der Waals surface area (Å²) in [5.41, 5.74) is 0.447. The molecule has 1 aliphatic heterocycles. The molecule has 17 heavy (non-hydrogen) atoms. The van der Waals surface area contributed by atoms with Crippen molar-refractivity contribution in [2.45, 2.75) is 39.5 Å². The molecule has 0 N–H and O–H groups in total. The van der Waals surface area contributed by atoms with Crippen LogP contribution in [0.5, 0.6) is 0 Å². The lowest BCUT2D eigenvalue weighted by Crippen LogP contribution is -2.38. The minimum Gasteiger partial charge on any atom is -0.360 e. The van der Waals surface area contributed by atoms with Crippen LogP contribution in [0.15, 0.2) is 10.6 Å². The molecule has 0 bridgehead atoms. The summed E-state index contributed by atoms with van der Waals surface area (Å²) in [5.74, 6) is 1.78. The summed E-state index contributed by atoms with van der Waals surface area (Å²) in [6.45, 7) is 7.96. The second-order valence-electron chi connectivity index (χ2n) is 5.24. The maximum atomic E-state index is 12.1. The SMILES string of the molecule is CC1CCN(C(=O)c2cc(C(C)C)on2)CC1.